The van der Waals surface area contributed by atoms with Crippen molar-refractivity contribution in [2.75, 3.05) is 6.61 Å². The van der Waals surface area contributed by atoms with Crippen molar-refractivity contribution in [2.24, 2.45) is 0 Å². The maximum atomic E-state index is 12.1. The number of benzene rings is 2. The van der Waals surface area contributed by atoms with E-state index in [1.165, 1.54) is 5.56 Å². The Kier molecular flexibility index (Phi) is 5.31. The van der Waals surface area contributed by atoms with Crippen molar-refractivity contribution in [1.82, 2.24) is 9.97 Å². The quantitative estimate of drug-likeness (QED) is 0.689. The molecule has 6 nitrogen and oxygen atoms in total. The molecule has 0 radical (unpaired) electrons. The zero-order valence-corrected chi connectivity index (χ0v) is 14.7. The number of ether oxygens (including phenoxy) is 2. The minimum absolute atomic E-state index is 0.215. The predicted molar refractivity (Wildman–Crippen MR) is 98.2 cm³/mol. The molecule has 3 rings (SSSR count). The van der Waals surface area contributed by atoms with E-state index in [1.807, 2.05) is 24.3 Å². The van der Waals surface area contributed by atoms with E-state index in [-0.39, 0.29) is 12.2 Å². The van der Waals surface area contributed by atoms with Crippen LogP contribution in [0.1, 0.15) is 31.3 Å². The van der Waals surface area contributed by atoms with Gasteiger partial charge in [-0.05, 0) is 43.2 Å². The lowest BCUT2D eigenvalue weighted by atomic mass is 10.2. The Morgan fingerprint density at radius 1 is 1.15 bits per heavy atom. The molecule has 134 valence electrons. The van der Waals surface area contributed by atoms with Crippen molar-refractivity contribution in [3.8, 4) is 5.75 Å². The first kappa shape index (κ1) is 17.7. The molecule has 0 fully saturated rings. The summed E-state index contributed by atoms with van der Waals surface area (Å²) in [4.78, 5) is 31.1. The average molecular weight is 352 g/mol. The van der Waals surface area contributed by atoms with Crippen LogP contribution in [0.2, 0.25) is 0 Å². The van der Waals surface area contributed by atoms with Crippen molar-refractivity contribution in [3.63, 3.8) is 0 Å². The monoisotopic (exact) mass is 352 g/mol. The molecule has 0 spiro atoms. The minimum Gasteiger partial charge on any atom is -0.482 e. The highest BCUT2D eigenvalue weighted by atomic mass is 16.6. The summed E-state index contributed by atoms with van der Waals surface area (Å²) in [5, 5.41) is 0.494. The Hall–Kier alpha value is -3.15. The van der Waals surface area contributed by atoms with E-state index in [2.05, 4.69) is 16.9 Å². The van der Waals surface area contributed by atoms with Crippen LogP contribution in [0.4, 0.5) is 0 Å². The molecule has 0 aliphatic rings. The number of esters is 1. The second kappa shape index (κ2) is 7.82. The standard InChI is InChI=1S/C20H20N2O4/c1-3-14-8-10-15(11-9-14)25-12-18(23)26-13(2)19-21-17-7-5-4-6-16(17)20(24)22-19/h4-11,13H,3,12H2,1-2H3,(H,21,22,24)/t13-/m0/s1. The predicted octanol–water partition coefficient (Wildman–Crippen LogP) is 3.17. The molecule has 0 aliphatic heterocycles. The van der Waals surface area contributed by atoms with Gasteiger partial charge in [-0.1, -0.05) is 31.2 Å². The minimum atomic E-state index is -0.689. The summed E-state index contributed by atoms with van der Waals surface area (Å²) in [5.41, 5.74) is 1.49. The lowest BCUT2D eigenvalue weighted by molar-refractivity contribution is -0.151. The van der Waals surface area contributed by atoms with E-state index in [0.717, 1.165) is 6.42 Å². The first-order valence-corrected chi connectivity index (χ1v) is 8.47. The third kappa shape index (κ3) is 4.08. The van der Waals surface area contributed by atoms with E-state index in [0.29, 0.717) is 22.5 Å². The third-order valence-corrected chi connectivity index (χ3v) is 4.01. The van der Waals surface area contributed by atoms with Crippen molar-refractivity contribution in [2.45, 2.75) is 26.4 Å². The van der Waals surface area contributed by atoms with Crippen LogP contribution in [0.25, 0.3) is 10.9 Å². The van der Waals surface area contributed by atoms with E-state index < -0.39 is 12.1 Å². The number of carbonyl (C=O) groups excluding carboxylic acids is 1. The van der Waals surface area contributed by atoms with Crippen LogP contribution in [0.3, 0.4) is 0 Å². The summed E-state index contributed by atoms with van der Waals surface area (Å²) < 4.78 is 10.7. The molecule has 1 heterocycles. The first-order chi connectivity index (χ1) is 12.6. The van der Waals surface area contributed by atoms with Crippen LogP contribution < -0.4 is 10.3 Å². The smallest absolute Gasteiger partial charge is 0.344 e. The van der Waals surface area contributed by atoms with Crippen LogP contribution in [-0.2, 0) is 16.0 Å². The molecule has 3 aromatic rings. The summed E-state index contributed by atoms with van der Waals surface area (Å²) in [7, 11) is 0. The zero-order chi connectivity index (χ0) is 18.5. The van der Waals surface area contributed by atoms with E-state index in [9.17, 15) is 9.59 Å². The first-order valence-electron chi connectivity index (χ1n) is 8.47. The summed E-state index contributed by atoms with van der Waals surface area (Å²) in [5.74, 6) is 0.367. The summed E-state index contributed by atoms with van der Waals surface area (Å²) >= 11 is 0. The molecule has 26 heavy (non-hydrogen) atoms. The number of aryl methyl sites for hydroxylation is 1. The number of aromatic nitrogens is 2. The van der Waals surface area contributed by atoms with Gasteiger partial charge in [-0.15, -0.1) is 0 Å². The van der Waals surface area contributed by atoms with Crippen LogP contribution >= 0.6 is 0 Å². The Labute approximate surface area is 150 Å². The lowest BCUT2D eigenvalue weighted by Crippen LogP contribution is -2.20. The third-order valence-electron chi connectivity index (χ3n) is 4.01. The van der Waals surface area contributed by atoms with E-state index in [4.69, 9.17) is 9.47 Å². The molecule has 0 aliphatic carbocycles. The van der Waals surface area contributed by atoms with Crippen molar-refractivity contribution in [3.05, 3.63) is 70.3 Å². The average Bonchev–Trinajstić information content (AvgIpc) is 2.66. The maximum absolute atomic E-state index is 12.1. The van der Waals surface area contributed by atoms with Crippen LogP contribution in [-0.4, -0.2) is 22.5 Å². The van der Waals surface area contributed by atoms with E-state index >= 15 is 0 Å². The number of H-pyrrole nitrogens is 1. The fourth-order valence-corrected chi connectivity index (χ4v) is 2.55. The second-order valence-electron chi connectivity index (χ2n) is 5.89. The molecule has 1 N–H and O–H groups in total. The zero-order valence-electron chi connectivity index (χ0n) is 14.7. The Morgan fingerprint density at radius 3 is 2.62 bits per heavy atom. The topological polar surface area (TPSA) is 81.3 Å². The number of carbonyl (C=O) groups is 1. The number of rotatable bonds is 6. The number of hydrogen-bond acceptors (Lipinski definition) is 5. The van der Waals surface area contributed by atoms with Crippen LogP contribution in [0, 0.1) is 0 Å². The molecule has 1 aromatic heterocycles. The normalized spacial score (nSPS) is 11.9. The maximum Gasteiger partial charge on any atom is 0.344 e. The van der Waals surface area contributed by atoms with Gasteiger partial charge in [-0.3, -0.25) is 4.79 Å². The molecule has 6 heteroatoms. The molecular weight excluding hydrogens is 332 g/mol. The molecular formula is C20H20N2O4. The number of aromatic amines is 1. The summed E-state index contributed by atoms with van der Waals surface area (Å²) in [6, 6.07) is 14.5. The van der Waals surface area contributed by atoms with Gasteiger partial charge in [0.15, 0.2) is 18.5 Å². The number of fused-ring (bicyclic) bond motifs is 1. The van der Waals surface area contributed by atoms with Gasteiger partial charge in [0.1, 0.15) is 5.75 Å². The van der Waals surface area contributed by atoms with Gasteiger partial charge in [0.2, 0.25) is 0 Å². The SMILES string of the molecule is CCc1ccc(OCC(=O)O[C@@H](C)c2nc3ccccc3c(=O)[nH]2)cc1. The molecule has 0 saturated heterocycles. The number of nitrogens with zero attached hydrogens (tertiary/aromatic N) is 1. The highest BCUT2D eigenvalue weighted by Crippen LogP contribution is 2.16. The fraction of sp³-hybridized carbons (Fsp3) is 0.250. The molecule has 0 unspecified atom stereocenters. The van der Waals surface area contributed by atoms with Crippen molar-refractivity contribution < 1.29 is 14.3 Å². The van der Waals surface area contributed by atoms with Gasteiger partial charge in [0.05, 0.1) is 10.9 Å². The molecule has 0 amide bonds. The van der Waals surface area contributed by atoms with Gasteiger partial charge in [0, 0.05) is 0 Å². The molecule has 1 atom stereocenters. The largest absolute Gasteiger partial charge is 0.482 e. The molecule has 2 aromatic carbocycles. The Bertz CT molecular complexity index is 963. The molecule has 0 saturated carbocycles. The Balaban J connectivity index is 1.62. The van der Waals surface area contributed by atoms with Crippen molar-refractivity contribution in [1.29, 1.82) is 0 Å². The highest BCUT2D eigenvalue weighted by Gasteiger charge is 2.16. The lowest BCUT2D eigenvalue weighted by Gasteiger charge is -2.13. The Morgan fingerprint density at radius 2 is 1.88 bits per heavy atom. The van der Waals surface area contributed by atoms with Gasteiger partial charge in [0.25, 0.3) is 5.56 Å². The van der Waals surface area contributed by atoms with Gasteiger partial charge >= 0.3 is 5.97 Å². The highest BCUT2D eigenvalue weighted by molar-refractivity contribution is 5.77. The van der Waals surface area contributed by atoms with E-state index in [1.54, 1.807) is 31.2 Å². The molecule has 0 bridgehead atoms. The fourth-order valence-electron chi connectivity index (χ4n) is 2.55. The second-order valence-corrected chi connectivity index (χ2v) is 5.89. The van der Waals surface area contributed by atoms with Gasteiger partial charge < -0.3 is 14.5 Å². The number of para-hydroxylation sites is 1. The van der Waals surface area contributed by atoms with Crippen LogP contribution in [0.15, 0.2) is 53.3 Å². The summed E-state index contributed by atoms with van der Waals surface area (Å²) in [6.45, 7) is 3.51. The summed E-state index contributed by atoms with van der Waals surface area (Å²) in [6.07, 6.45) is 0.252. The van der Waals surface area contributed by atoms with Gasteiger partial charge in [-0.2, -0.15) is 0 Å². The van der Waals surface area contributed by atoms with Gasteiger partial charge in [-0.25, -0.2) is 9.78 Å². The number of nitrogens with one attached hydrogen (secondary N) is 1. The van der Waals surface area contributed by atoms with Crippen LogP contribution in [0.5, 0.6) is 5.75 Å². The number of hydrogen-bond donors (Lipinski definition) is 1. The van der Waals surface area contributed by atoms with Crippen molar-refractivity contribution >= 4 is 16.9 Å².